The van der Waals surface area contributed by atoms with E-state index in [0.717, 1.165) is 11.6 Å². The molecule has 0 saturated carbocycles. The lowest BCUT2D eigenvalue weighted by Crippen LogP contribution is -2.03. The van der Waals surface area contributed by atoms with E-state index in [0.29, 0.717) is 5.56 Å². The van der Waals surface area contributed by atoms with Gasteiger partial charge in [0.15, 0.2) is 6.61 Å². The number of rotatable bonds is 5. The number of ether oxygens (including phenoxy) is 2. The number of hydrogen-bond donors (Lipinski definition) is 0. The average molecular weight is 321 g/mol. The predicted octanol–water partition coefficient (Wildman–Crippen LogP) is 2.99. The maximum atomic E-state index is 11.6. The molecule has 2 aromatic carbocycles. The second kappa shape index (κ2) is 9.65. The van der Waals surface area contributed by atoms with Crippen LogP contribution in [-0.4, -0.2) is 18.5 Å². The molecule has 4 heteroatoms. The normalized spacial score (nSPS) is 10.8. The van der Waals surface area contributed by atoms with Crippen LogP contribution >= 0.6 is 0 Å². The summed E-state index contributed by atoms with van der Waals surface area (Å²) in [5, 5.41) is 0. The summed E-state index contributed by atoms with van der Waals surface area (Å²) in [5.41, 5.74) is 1.47. The fourth-order valence-electron chi connectivity index (χ4n) is 1.69. The summed E-state index contributed by atoms with van der Waals surface area (Å²) in [6.07, 6.45) is 1.06. The van der Waals surface area contributed by atoms with Crippen molar-refractivity contribution in [2.45, 2.75) is 6.61 Å². The van der Waals surface area contributed by atoms with Gasteiger partial charge in [-0.15, -0.1) is 0 Å². The minimum atomic E-state index is -0.694. The van der Waals surface area contributed by atoms with E-state index in [4.69, 9.17) is 10.8 Å². The summed E-state index contributed by atoms with van der Waals surface area (Å²) < 4.78 is 17.6. The number of carbonyl (C=O) groups excluding carboxylic acids is 2. The van der Waals surface area contributed by atoms with Crippen molar-refractivity contribution in [3.05, 3.63) is 77.9 Å². The molecule has 0 saturated heterocycles. The van der Waals surface area contributed by atoms with Gasteiger partial charge in [0.25, 0.3) is 0 Å². The minimum absolute atomic E-state index is 0.0424. The molecule has 0 unspecified atom stereocenters. The molecular formula is C20H16O4. The highest BCUT2D eigenvalue weighted by Crippen LogP contribution is 2.01. The standard InChI is InChI=1S/C20H16O4/c21-19(24-16-18-10-5-2-6-11-18)12-7-15-23-20(22)14-13-17-8-3-1-4-9-17/h1-6,8-11,13-14H,15-16H2/b14-13+/i13D. The first kappa shape index (κ1) is 15.6. The molecule has 0 radical (unpaired) electrons. The highest BCUT2D eigenvalue weighted by Gasteiger charge is 1.98. The van der Waals surface area contributed by atoms with Crippen molar-refractivity contribution < 1.29 is 20.4 Å². The third-order valence-corrected chi connectivity index (χ3v) is 2.82. The highest BCUT2D eigenvalue weighted by molar-refractivity contribution is 5.89. The lowest BCUT2D eigenvalue weighted by Gasteiger charge is -1.99. The van der Waals surface area contributed by atoms with E-state index in [1.165, 1.54) is 0 Å². The molecule has 24 heavy (non-hydrogen) atoms. The van der Waals surface area contributed by atoms with Crippen LogP contribution in [0.5, 0.6) is 0 Å². The molecule has 0 aromatic heterocycles. The van der Waals surface area contributed by atoms with Crippen molar-refractivity contribution in [2.24, 2.45) is 0 Å². The molecule has 0 aliphatic heterocycles. The van der Waals surface area contributed by atoms with Gasteiger partial charge in [0.1, 0.15) is 6.61 Å². The van der Waals surface area contributed by atoms with Crippen LogP contribution in [0.3, 0.4) is 0 Å². The molecule has 2 aromatic rings. The molecule has 0 heterocycles. The Morgan fingerprint density at radius 3 is 2.38 bits per heavy atom. The van der Waals surface area contributed by atoms with Crippen molar-refractivity contribution in [1.29, 1.82) is 0 Å². The Hall–Kier alpha value is -3.32. The molecule has 120 valence electrons. The second-order valence-corrected chi connectivity index (χ2v) is 4.63. The molecule has 0 bridgehead atoms. The van der Waals surface area contributed by atoms with Crippen molar-refractivity contribution >= 4 is 18.0 Å². The van der Waals surface area contributed by atoms with Crippen LogP contribution in [0.1, 0.15) is 12.5 Å². The molecule has 0 fully saturated rings. The summed E-state index contributed by atoms with van der Waals surface area (Å²) in [6, 6.07) is 18.1. The summed E-state index contributed by atoms with van der Waals surface area (Å²) in [7, 11) is 0. The van der Waals surface area contributed by atoms with E-state index in [1.807, 2.05) is 36.4 Å². The van der Waals surface area contributed by atoms with Crippen molar-refractivity contribution in [2.75, 3.05) is 6.61 Å². The Morgan fingerprint density at radius 2 is 1.67 bits per heavy atom. The maximum Gasteiger partial charge on any atom is 0.384 e. The zero-order chi connectivity index (χ0) is 17.9. The summed E-state index contributed by atoms with van der Waals surface area (Å²) in [4.78, 5) is 23.0. The van der Waals surface area contributed by atoms with Crippen molar-refractivity contribution in [3.8, 4) is 11.8 Å². The van der Waals surface area contributed by atoms with Crippen LogP contribution < -0.4 is 0 Å². The van der Waals surface area contributed by atoms with Crippen LogP contribution in [-0.2, 0) is 25.7 Å². The molecular weight excluding hydrogens is 304 g/mol. The third kappa shape index (κ3) is 6.63. The Kier molecular flexibility index (Phi) is 6.26. The topological polar surface area (TPSA) is 52.6 Å². The molecule has 4 nitrogen and oxygen atoms in total. The first-order valence-electron chi connectivity index (χ1n) is 7.75. The fourth-order valence-corrected chi connectivity index (χ4v) is 1.69. The van der Waals surface area contributed by atoms with Gasteiger partial charge in [-0.1, -0.05) is 60.7 Å². The molecule has 0 amide bonds. The maximum absolute atomic E-state index is 11.6. The Labute approximate surface area is 142 Å². The van der Waals surface area contributed by atoms with E-state index in [1.54, 1.807) is 24.3 Å². The summed E-state index contributed by atoms with van der Waals surface area (Å²) >= 11 is 0. The fraction of sp³-hybridized carbons (Fsp3) is 0.100. The van der Waals surface area contributed by atoms with E-state index in [2.05, 4.69) is 11.8 Å². The van der Waals surface area contributed by atoms with Gasteiger partial charge >= 0.3 is 11.9 Å². The molecule has 0 spiro atoms. The monoisotopic (exact) mass is 321 g/mol. The summed E-state index contributed by atoms with van der Waals surface area (Å²) in [6.45, 7) is -0.117. The Bertz CT molecular complexity index is 802. The van der Waals surface area contributed by atoms with Crippen LogP contribution in [0.15, 0.2) is 66.7 Å². The van der Waals surface area contributed by atoms with E-state index < -0.39 is 11.9 Å². The van der Waals surface area contributed by atoms with E-state index >= 15 is 0 Å². The van der Waals surface area contributed by atoms with Gasteiger partial charge in [-0.25, -0.2) is 9.59 Å². The van der Waals surface area contributed by atoms with Gasteiger partial charge in [-0.3, -0.25) is 0 Å². The largest absolute Gasteiger partial charge is 0.451 e. The van der Waals surface area contributed by atoms with Gasteiger partial charge in [-0.05, 0) is 23.1 Å². The minimum Gasteiger partial charge on any atom is -0.451 e. The molecule has 0 atom stereocenters. The molecule has 2 rings (SSSR count). The lowest BCUT2D eigenvalue weighted by atomic mass is 10.2. The van der Waals surface area contributed by atoms with Gasteiger partial charge in [-0.2, -0.15) is 0 Å². The zero-order valence-electron chi connectivity index (χ0n) is 13.9. The van der Waals surface area contributed by atoms with Gasteiger partial charge in [0.2, 0.25) is 0 Å². The first-order valence-corrected chi connectivity index (χ1v) is 7.25. The molecule has 0 aliphatic carbocycles. The molecule has 0 aliphatic rings. The average Bonchev–Trinajstić information content (AvgIpc) is 2.65. The van der Waals surface area contributed by atoms with Gasteiger partial charge in [0, 0.05) is 12.0 Å². The SMILES string of the molecule is [2H]/C(=C\C(=O)OCC#CC(=O)OCc1ccccc1)c1ccccc1. The highest BCUT2D eigenvalue weighted by atomic mass is 16.5. The summed E-state index contributed by atoms with van der Waals surface area (Å²) in [5.74, 6) is 3.26. The second-order valence-electron chi connectivity index (χ2n) is 4.63. The van der Waals surface area contributed by atoms with Crippen LogP contribution in [0.25, 0.3) is 6.05 Å². The van der Waals surface area contributed by atoms with Gasteiger partial charge in [0.05, 0.1) is 1.37 Å². The Morgan fingerprint density at radius 1 is 1.00 bits per heavy atom. The van der Waals surface area contributed by atoms with Gasteiger partial charge < -0.3 is 9.47 Å². The number of hydrogen-bond acceptors (Lipinski definition) is 4. The smallest absolute Gasteiger partial charge is 0.384 e. The predicted molar refractivity (Wildman–Crippen MR) is 90.4 cm³/mol. The number of carbonyl (C=O) groups is 2. The zero-order valence-corrected chi connectivity index (χ0v) is 12.9. The Balaban J connectivity index is 1.74. The van der Waals surface area contributed by atoms with Crippen LogP contribution in [0.2, 0.25) is 0 Å². The number of esters is 2. The van der Waals surface area contributed by atoms with Crippen molar-refractivity contribution in [3.63, 3.8) is 0 Å². The molecule has 0 N–H and O–H groups in total. The number of benzene rings is 2. The van der Waals surface area contributed by atoms with E-state index in [9.17, 15) is 9.59 Å². The quantitative estimate of drug-likeness (QED) is 0.368. The van der Waals surface area contributed by atoms with Crippen molar-refractivity contribution in [1.82, 2.24) is 0 Å². The first-order chi connectivity index (χ1) is 12.1. The lowest BCUT2D eigenvalue weighted by molar-refractivity contribution is -0.138. The third-order valence-electron chi connectivity index (χ3n) is 2.82. The van der Waals surface area contributed by atoms with Crippen LogP contribution in [0, 0.1) is 11.8 Å². The van der Waals surface area contributed by atoms with Crippen LogP contribution in [0.4, 0.5) is 0 Å². The van der Waals surface area contributed by atoms with E-state index in [-0.39, 0.29) is 19.3 Å².